The van der Waals surface area contributed by atoms with Crippen molar-refractivity contribution in [2.24, 2.45) is 0 Å². The van der Waals surface area contributed by atoms with E-state index >= 15 is 0 Å². The third-order valence-corrected chi connectivity index (χ3v) is 4.19. The Morgan fingerprint density at radius 3 is 2.41 bits per heavy atom. The molecule has 0 unspecified atom stereocenters. The Hall–Kier alpha value is -0.820. The fourth-order valence-corrected chi connectivity index (χ4v) is 2.83. The Kier molecular flexibility index (Phi) is 8.17. The number of carbonyl (C=O) groups excluding carboxylic acids is 1. The predicted octanol–water partition coefficient (Wildman–Crippen LogP) is -0.625. The van der Waals surface area contributed by atoms with Gasteiger partial charge in [-0.25, -0.2) is 0 Å². The van der Waals surface area contributed by atoms with Gasteiger partial charge in [0.2, 0.25) is 0 Å². The van der Waals surface area contributed by atoms with Gasteiger partial charge in [-0.15, -0.1) is 0 Å². The second kappa shape index (κ2) is 9.35. The normalized spacial score (nSPS) is 15.0. The molecule has 0 spiro atoms. The van der Waals surface area contributed by atoms with E-state index < -0.39 is 0 Å². The highest BCUT2D eigenvalue weighted by Gasteiger charge is 2.17. The van der Waals surface area contributed by atoms with E-state index in [1.54, 1.807) is 26.4 Å². The summed E-state index contributed by atoms with van der Waals surface area (Å²) < 4.78 is 16.5. The molecule has 0 saturated carbocycles. The fourth-order valence-electron chi connectivity index (χ4n) is 2.29. The molecule has 1 aromatic rings. The third kappa shape index (κ3) is 4.84. The van der Waals surface area contributed by atoms with Crippen LogP contribution in [0.3, 0.4) is 0 Å². The second-order valence-electron chi connectivity index (χ2n) is 4.81. The van der Waals surface area contributed by atoms with E-state index in [0.29, 0.717) is 23.5 Å². The number of hydrogen-bond donors (Lipinski definition) is 0. The monoisotopic (exact) mass is 392 g/mol. The van der Waals surface area contributed by atoms with Crippen molar-refractivity contribution in [3.8, 4) is 11.5 Å². The standard InChI is InChI=1S/C15H20BrNO4.ClH/c1-19-14-9-11(12(16)10-15(14)20-2)13(18)3-4-17-5-7-21-8-6-17;/h9-10H,3-8H2,1-2H3;1H/p-1. The lowest BCUT2D eigenvalue weighted by Gasteiger charge is -2.26. The SMILES string of the molecule is COc1cc(Br)c(C(=O)CCN2CCOCC2)cc1OC.[Cl-]. The van der Waals surface area contributed by atoms with Crippen LogP contribution in [0.15, 0.2) is 16.6 Å². The van der Waals surface area contributed by atoms with Gasteiger partial charge < -0.3 is 26.6 Å². The topological polar surface area (TPSA) is 48.0 Å². The first-order chi connectivity index (χ1) is 10.2. The zero-order valence-corrected chi connectivity index (χ0v) is 15.1. The van der Waals surface area contributed by atoms with Crippen molar-refractivity contribution in [3.63, 3.8) is 0 Å². The number of nitrogens with zero attached hydrogens (tertiary/aromatic N) is 1. The first kappa shape index (κ1) is 19.2. The summed E-state index contributed by atoms with van der Waals surface area (Å²) in [5.41, 5.74) is 0.626. The lowest BCUT2D eigenvalue weighted by atomic mass is 10.1. The van der Waals surface area contributed by atoms with Crippen LogP contribution in [0, 0.1) is 0 Å². The Labute approximate surface area is 145 Å². The quantitative estimate of drug-likeness (QED) is 0.603. The van der Waals surface area contributed by atoms with Crippen LogP contribution in [-0.2, 0) is 4.74 Å². The van der Waals surface area contributed by atoms with Crippen molar-refractivity contribution in [2.75, 3.05) is 47.1 Å². The molecular formula is C15H20BrClNO4-. The predicted molar refractivity (Wildman–Crippen MR) is 83.5 cm³/mol. The largest absolute Gasteiger partial charge is 1.00 e. The molecule has 0 aromatic heterocycles. The lowest BCUT2D eigenvalue weighted by Crippen LogP contribution is -3.00. The molecule has 2 rings (SSSR count). The van der Waals surface area contributed by atoms with E-state index in [1.165, 1.54) is 0 Å². The molecule has 1 fully saturated rings. The molecule has 0 amide bonds. The molecular weight excluding hydrogens is 374 g/mol. The van der Waals surface area contributed by atoms with E-state index in [1.807, 2.05) is 0 Å². The average Bonchev–Trinajstić information content (AvgIpc) is 2.53. The molecule has 124 valence electrons. The van der Waals surface area contributed by atoms with Gasteiger partial charge >= 0.3 is 0 Å². The molecule has 5 nitrogen and oxygen atoms in total. The minimum Gasteiger partial charge on any atom is -1.00 e. The van der Waals surface area contributed by atoms with E-state index in [4.69, 9.17) is 14.2 Å². The number of hydrogen-bond acceptors (Lipinski definition) is 5. The second-order valence-corrected chi connectivity index (χ2v) is 5.67. The van der Waals surface area contributed by atoms with Gasteiger partial charge in [-0.05, 0) is 28.1 Å². The molecule has 0 bridgehead atoms. The summed E-state index contributed by atoms with van der Waals surface area (Å²) >= 11 is 3.43. The lowest BCUT2D eigenvalue weighted by molar-refractivity contribution is -0.0000133. The van der Waals surface area contributed by atoms with E-state index in [0.717, 1.165) is 37.3 Å². The highest BCUT2D eigenvalue weighted by molar-refractivity contribution is 9.10. The summed E-state index contributed by atoms with van der Waals surface area (Å²) in [4.78, 5) is 14.6. The number of ether oxygens (including phenoxy) is 3. The van der Waals surface area contributed by atoms with Crippen LogP contribution in [0.5, 0.6) is 11.5 Å². The number of Topliss-reactive ketones (excluding diaryl/α,β-unsaturated/α-hetero) is 1. The van der Waals surface area contributed by atoms with Gasteiger partial charge in [0.15, 0.2) is 17.3 Å². The Bertz CT molecular complexity index is 507. The number of methoxy groups -OCH3 is 2. The van der Waals surface area contributed by atoms with E-state index in [-0.39, 0.29) is 18.2 Å². The molecule has 1 heterocycles. The summed E-state index contributed by atoms with van der Waals surface area (Å²) in [6, 6.07) is 3.49. The van der Waals surface area contributed by atoms with Gasteiger partial charge in [-0.2, -0.15) is 0 Å². The molecule has 1 aliphatic heterocycles. The first-order valence-corrected chi connectivity index (χ1v) is 7.70. The highest BCUT2D eigenvalue weighted by Crippen LogP contribution is 2.33. The summed E-state index contributed by atoms with van der Waals surface area (Å²) in [5.74, 6) is 1.26. The van der Waals surface area contributed by atoms with Crippen molar-refractivity contribution in [1.29, 1.82) is 0 Å². The molecule has 1 saturated heterocycles. The fraction of sp³-hybridized carbons (Fsp3) is 0.533. The zero-order valence-electron chi connectivity index (χ0n) is 12.7. The smallest absolute Gasteiger partial charge is 0.165 e. The van der Waals surface area contributed by atoms with Crippen molar-refractivity contribution in [1.82, 2.24) is 4.90 Å². The number of halogens is 2. The van der Waals surface area contributed by atoms with Crippen LogP contribution in [0.25, 0.3) is 0 Å². The van der Waals surface area contributed by atoms with Gasteiger partial charge in [0.25, 0.3) is 0 Å². The maximum absolute atomic E-state index is 12.4. The molecule has 0 radical (unpaired) electrons. The van der Waals surface area contributed by atoms with Crippen molar-refractivity contribution in [3.05, 3.63) is 22.2 Å². The molecule has 0 aliphatic carbocycles. The summed E-state index contributed by atoms with van der Waals surface area (Å²) in [6.07, 6.45) is 0.480. The maximum Gasteiger partial charge on any atom is 0.165 e. The van der Waals surface area contributed by atoms with Gasteiger partial charge in [0.05, 0.1) is 27.4 Å². The number of rotatable bonds is 6. The van der Waals surface area contributed by atoms with Gasteiger partial charge in [0, 0.05) is 36.1 Å². The Balaban J connectivity index is 0.00000242. The molecule has 7 heteroatoms. The summed E-state index contributed by atoms with van der Waals surface area (Å²) in [5, 5.41) is 0. The molecule has 0 N–H and O–H groups in total. The van der Waals surface area contributed by atoms with E-state index in [2.05, 4.69) is 20.8 Å². The van der Waals surface area contributed by atoms with Crippen LogP contribution in [-0.4, -0.2) is 57.8 Å². The number of carbonyl (C=O) groups is 1. The van der Waals surface area contributed by atoms with Crippen molar-refractivity contribution in [2.45, 2.75) is 6.42 Å². The number of ketones is 1. The first-order valence-electron chi connectivity index (χ1n) is 6.90. The van der Waals surface area contributed by atoms with Crippen molar-refractivity contribution < 1.29 is 31.4 Å². The Morgan fingerprint density at radius 2 is 1.82 bits per heavy atom. The average molecular weight is 394 g/mol. The molecule has 0 atom stereocenters. The van der Waals surface area contributed by atoms with E-state index in [9.17, 15) is 4.79 Å². The minimum absolute atomic E-state index is 0. The molecule has 1 aliphatic rings. The van der Waals surface area contributed by atoms with Crippen LogP contribution < -0.4 is 21.9 Å². The highest BCUT2D eigenvalue weighted by atomic mass is 79.9. The van der Waals surface area contributed by atoms with Crippen molar-refractivity contribution >= 4 is 21.7 Å². The third-order valence-electron chi connectivity index (χ3n) is 3.53. The molecule has 1 aromatic carbocycles. The Morgan fingerprint density at radius 1 is 1.23 bits per heavy atom. The van der Waals surface area contributed by atoms with Gasteiger partial charge in [-0.3, -0.25) is 9.69 Å². The van der Waals surface area contributed by atoms with Crippen LogP contribution in [0.4, 0.5) is 0 Å². The maximum atomic E-state index is 12.4. The van der Waals surface area contributed by atoms with Gasteiger partial charge in [0.1, 0.15) is 0 Å². The van der Waals surface area contributed by atoms with Crippen LogP contribution in [0.2, 0.25) is 0 Å². The zero-order chi connectivity index (χ0) is 15.2. The number of benzene rings is 1. The summed E-state index contributed by atoms with van der Waals surface area (Å²) in [6.45, 7) is 4.02. The molecule has 22 heavy (non-hydrogen) atoms. The minimum atomic E-state index is 0. The summed E-state index contributed by atoms with van der Waals surface area (Å²) in [7, 11) is 3.14. The van der Waals surface area contributed by atoms with Gasteiger partial charge in [-0.1, -0.05) is 0 Å². The van der Waals surface area contributed by atoms with Crippen LogP contribution in [0.1, 0.15) is 16.8 Å². The number of morpholine rings is 1. The van der Waals surface area contributed by atoms with Crippen LogP contribution >= 0.6 is 15.9 Å².